The smallest absolute Gasteiger partial charge is 2.00 e. The van der Waals surface area contributed by atoms with Crippen molar-refractivity contribution in [3.63, 3.8) is 0 Å². The van der Waals surface area contributed by atoms with Gasteiger partial charge in [-0.2, -0.15) is 0 Å². The number of rotatable bonds is 0. The Balaban J connectivity index is 0. The van der Waals surface area contributed by atoms with E-state index in [2.05, 4.69) is 0 Å². The SMILES string of the molecule is [Cs+].[Cs+].[Cs+].[S-2].[S-2].[S-2].[S-2].[Ta+5]. The third kappa shape index (κ3) is 36.7. The van der Waals surface area contributed by atoms with Gasteiger partial charge in [-0.05, 0) is 0 Å². The molecule has 8 heavy (non-hydrogen) atoms. The predicted octanol–water partition coefficient (Wildman–Crippen LogP) is -9.00. The summed E-state index contributed by atoms with van der Waals surface area (Å²) in [5.74, 6) is 0. The topological polar surface area (TPSA) is 0 Å². The summed E-state index contributed by atoms with van der Waals surface area (Å²) in [6.07, 6.45) is 0. The van der Waals surface area contributed by atoms with Crippen LogP contribution in [0.3, 0.4) is 0 Å². The number of hydrogen-bond donors (Lipinski definition) is 0. The van der Waals surface area contributed by atoms with Crippen LogP contribution in [-0.4, -0.2) is 0 Å². The maximum Gasteiger partial charge on any atom is 5.00 e. The first-order valence-corrected chi connectivity index (χ1v) is 0. The van der Waals surface area contributed by atoms with Crippen molar-refractivity contribution >= 4 is 54.0 Å². The van der Waals surface area contributed by atoms with Crippen LogP contribution in [0.15, 0.2) is 0 Å². The summed E-state index contributed by atoms with van der Waals surface area (Å²) in [7, 11) is 0. The molecule has 0 amide bonds. The third-order valence-corrected chi connectivity index (χ3v) is 0. The van der Waals surface area contributed by atoms with Crippen LogP contribution in [0.5, 0.6) is 0 Å². The summed E-state index contributed by atoms with van der Waals surface area (Å²) in [6, 6.07) is 0. The standard InChI is InChI=1S/3Cs.4S.Ta/q3*+1;4*-2;+5. The first-order valence-electron chi connectivity index (χ1n) is 0. The van der Waals surface area contributed by atoms with Gasteiger partial charge in [0.1, 0.15) is 0 Å². The second-order valence-electron chi connectivity index (χ2n) is 0. The molecule has 0 aliphatic heterocycles. The van der Waals surface area contributed by atoms with Crippen molar-refractivity contribution in [3.05, 3.63) is 0 Å². The fourth-order valence-corrected chi connectivity index (χ4v) is 0. The zero-order chi connectivity index (χ0) is 0. The molecule has 0 aliphatic rings. The molecule has 0 bridgehead atoms. The molecule has 0 saturated heterocycles. The molecule has 0 aromatic carbocycles. The molecule has 0 fully saturated rings. The van der Waals surface area contributed by atoms with Crippen LogP contribution < -0.4 is 207 Å². The van der Waals surface area contributed by atoms with Gasteiger partial charge in [0.2, 0.25) is 0 Å². The van der Waals surface area contributed by atoms with Crippen molar-refractivity contribution in [3.8, 4) is 0 Å². The minimum atomic E-state index is 0. The molecule has 0 aromatic rings. The molecule has 0 nitrogen and oxygen atoms in total. The normalized spacial score (nSPS) is 0. The number of hydrogen-bond acceptors (Lipinski definition) is 0. The van der Waals surface area contributed by atoms with E-state index < -0.39 is 0 Å². The van der Waals surface area contributed by atoms with E-state index in [1.807, 2.05) is 0 Å². The second kappa shape index (κ2) is 45.4. The molecule has 0 atom stereocenters. The molecule has 0 aromatic heterocycles. The van der Waals surface area contributed by atoms with Gasteiger partial charge in [0, 0.05) is 0 Å². The molecule has 0 heterocycles. The van der Waals surface area contributed by atoms with Crippen LogP contribution in [0.2, 0.25) is 0 Å². The molecule has 0 saturated carbocycles. The molecule has 0 aliphatic carbocycles. The Morgan fingerprint density at radius 3 is 0.375 bits per heavy atom. The van der Waals surface area contributed by atoms with Gasteiger partial charge < -0.3 is 54.0 Å². The summed E-state index contributed by atoms with van der Waals surface area (Å²) < 4.78 is 0. The summed E-state index contributed by atoms with van der Waals surface area (Å²) in [5.41, 5.74) is 0. The van der Waals surface area contributed by atoms with Crippen LogP contribution in [-0.2, 0) is 76.4 Å². The van der Waals surface area contributed by atoms with Crippen LogP contribution in [0.25, 0.3) is 0 Å². The maximum absolute atomic E-state index is 0. The Morgan fingerprint density at radius 2 is 0.375 bits per heavy atom. The molecule has 0 rings (SSSR count). The van der Waals surface area contributed by atoms with Crippen LogP contribution in [0, 0.1) is 0 Å². The van der Waals surface area contributed by atoms with Crippen molar-refractivity contribution in [2.75, 3.05) is 0 Å². The van der Waals surface area contributed by atoms with E-state index in [0.717, 1.165) is 0 Å². The molecule has 32 valence electrons. The largest absolute Gasteiger partial charge is 5.00 e. The average molecular weight is 708 g/mol. The quantitative estimate of drug-likeness (QED) is 0.235. The second-order valence-corrected chi connectivity index (χ2v) is 0. The monoisotopic (exact) mass is 708 g/mol. The van der Waals surface area contributed by atoms with E-state index in [1.54, 1.807) is 0 Å². The first kappa shape index (κ1) is 55.4. The van der Waals surface area contributed by atoms with Gasteiger partial charge in [-0.1, -0.05) is 0 Å². The molecule has 0 radical (unpaired) electrons. The summed E-state index contributed by atoms with van der Waals surface area (Å²) in [4.78, 5) is 0. The van der Waals surface area contributed by atoms with Crippen molar-refractivity contribution in [1.29, 1.82) is 0 Å². The summed E-state index contributed by atoms with van der Waals surface area (Å²) >= 11 is 0. The van der Waals surface area contributed by atoms with E-state index in [4.69, 9.17) is 0 Å². The maximum atomic E-state index is 0. The third-order valence-electron chi connectivity index (χ3n) is 0. The van der Waals surface area contributed by atoms with E-state index in [0.29, 0.717) is 0 Å². The van der Waals surface area contributed by atoms with Crippen LogP contribution in [0.1, 0.15) is 0 Å². The van der Waals surface area contributed by atoms with Crippen molar-refractivity contribution in [1.82, 2.24) is 0 Å². The van der Waals surface area contributed by atoms with Gasteiger partial charge in [-0.15, -0.1) is 0 Å². The van der Waals surface area contributed by atoms with E-state index in [9.17, 15) is 0 Å². The Morgan fingerprint density at radius 1 is 0.375 bits per heavy atom. The fraction of sp³-hybridized carbons (Fsp3) is 0. The minimum Gasteiger partial charge on any atom is -2.00 e. The zero-order valence-electron chi connectivity index (χ0n) is 5.08. The minimum absolute atomic E-state index is 0. The van der Waals surface area contributed by atoms with Crippen LogP contribution >= 0.6 is 0 Å². The Labute approximate surface area is 272 Å². The van der Waals surface area contributed by atoms with Gasteiger partial charge in [-0.25, -0.2) is 0 Å². The molecule has 0 N–H and O–H groups in total. The van der Waals surface area contributed by atoms with E-state index >= 15 is 0 Å². The fourth-order valence-electron chi connectivity index (χ4n) is 0. The van der Waals surface area contributed by atoms with Gasteiger partial charge in [0.05, 0.1) is 0 Å². The summed E-state index contributed by atoms with van der Waals surface area (Å²) in [5, 5.41) is 0. The van der Waals surface area contributed by atoms with Crippen LogP contribution in [0.4, 0.5) is 0 Å². The van der Waals surface area contributed by atoms with E-state index in [1.165, 1.54) is 0 Å². The molecule has 0 unspecified atom stereocenters. The summed E-state index contributed by atoms with van der Waals surface area (Å²) in [6.45, 7) is 0. The zero-order valence-corrected chi connectivity index (χ0v) is 30.4. The van der Waals surface area contributed by atoms with Gasteiger partial charge in [0.15, 0.2) is 0 Å². The molecular formula is Cs3S4Ta. The Bertz CT molecular complexity index is 11.2. The van der Waals surface area contributed by atoms with E-state index in [-0.39, 0.29) is 283 Å². The first-order chi connectivity index (χ1) is 0. The van der Waals surface area contributed by atoms with Gasteiger partial charge in [0.25, 0.3) is 0 Å². The van der Waals surface area contributed by atoms with Gasteiger partial charge in [-0.3, -0.25) is 0 Å². The van der Waals surface area contributed by atoms with Crippen molar-refractivity contribution in [2.45, 2.75) is 0 Å². The molecule has 8 heteroatoms. The van der Waals surface area contributed by atoms with Crippen molar-refractivity contribution in [2.24, 2.45) is 0 Å². The molecule has 0 spiro atoms. The predicted molar refractivity (Wildman–Crippen MR) is 29.5 cm³/mol. The van der Waals surface area contributed by atoms with Gasteiger partial charge >= 0.3 is 229 Å². The van der Waals surface area contributed by atoms with Crippen molar-refractivity contribution < 1.29 is 229 Å². The average Bonchev–Trinajstić information content (AvgIpc) is 0. The Kier molecular flexibility index (Phi) is 315. The molecular weight excluding hydrogens is 708 g/mol. The Hall–Kier alpha value is 8.30.